The van der Waals surface area contributed by atoms with Crippen molar-refractivity contribution < 1.29 is 4.79 Å². The van der Waals surface area contributed by atoms with Gasteiger partial charge >= 0.3 is 0 Å². The van der Waals surface area contributed by atoms with Crippen LogP contribution in [0.5, 0.6) is 0 Å². The summed E-state index contributed by atoms with van der Waals surface area (Å²) in [4.78, 5) is 15.9. The Hall–Kier alpha value is -1.02. The summed E-state index contributed by atoms with van der Waals surface area (Å²) in [5.74, 6) is 0.753. The zero-order valence-electron chi connectivity index (χ0n) is 14.8. The number of guanidine groups is 1. The predicted molar refractivity (Wildman–Crippen MR) is 112 cm³/mol. The molecule has 24 heavy (non-hydrogen) atoms. The molecule has 0 aliphatic rings. The van der Waals surface area contributed by atoms with E-state index in [0.29, 0.717) is 19.0 Å². The van der Waals surface area contributed by atoms with E-state index in [4.69, 9.17) is 11.6 Å². The molecule has 0 saturated carbocycles. The molecule has 0 saturated heterocycles. The Kier molecular flexibility index (Phi) is 11.0. The SMILES string of the molecule is CN=C(NCCNC(=O)C(C)(C)C)NCCc1ccccc1Cl.I. The third-order valence-corrected chi connectivity index (χ3v) is 3.62. The lowest BCUT2D eigenvalue weighted by molar-refractivity contribution is -0.128. The lowest BCUT2D eigenvalue weighted by atomic mass is 9.96. The standard InChI is InChI=1S/C17H27ClN4O.HI/c1-17(2,3)15(23)20-11-12-22-16(19-4)21-10-9-13-7-5-6-8-14(13)18;/h5-8H,9-12H2,1-4H3,(H,20,23)(H2,19,21,22);1H. The maximum absolute atomic E-state index is 11.7. The molecular weight excluding hydrogens is 439 g/mol. The molecule has 0 aromatic heterocycles. The average molecular weight is 467 g/mol. The van der Waals surface area contributed by atoms with Gasteiger partial charge in [0.05, 0.1) is 0 Å². The van der Waals surface area contributed by atoms with E-state index in [2.05, 4.69) is 20.9 Å². The first-order valence-corrected chi connectivity index (χ1v) is 8.18. The zero-order valence-corrected chi connectivity index (χ0v) is 17.9. The molecule has 1 amide bonds. The first-order chi connectivity index (χ1) is 10.8. The molecule has 136 valence electrons. The monoisotopic (exact) mass is 466 g/mol. The van der Waals surface area contributed by atoms with Gasteiger partial charge in [0, 0.05) is 37.1 Å². The molecule has 0 fully saturated rings. The van der Waals surface area contributed by atoms with Gasteiger partial charge in [-0.1, -0.05) is 50.6 Å². The molecule has 7 heteroatoms. The molecule has 1 aromatic rings. The lowest BCUT2D eigenvalue weighted by Gasteiger charge is -2.18. The van der Waals surface area contributed by atoms with Crippen molar-refractivity contribution in [3.8, 4) is 0 Å². The summed E-state index contributed by atoms with van der Waals surface area (Å²) in [6, 6.07) is 7.81. The van der Waals surface area contributed by atoms with Gasteiger partial charge in [0.25, 0.3) is 0 Å². The number of carbonyl (C=O) groups is 1. The molecule has 5 nitrogen and oxygen atoms in total. The first-order valence-electron chi connectivity index (χ1n) is 7.81. The van der Waals surface area contributed by atoms with Crippen molar-refractivity contribution in [3.05, 3.63) is 34.9 Å². The van der Waals surface area contributed by atoms with Crippen LogP contribution in [0.3, 0.4) is 0 Å². The highest BCUT2D eigenvalue weighted by atomic mass is 127. The maximum atomic E-state index is 11.7. The van der Waals surface area contributed by atoms with Gasteiger partial charge in [-0.2, -0.15) is 0 Å². The van der Waals surface area contributed by atoms with E-state index < -0.39 is 0 Å². The van der Waals surface area contributed by atoms with E-state index >= 15 is 0 Å². The summed E-state index contributed by atoms with van der Waals surface area (Å²) in [6.45, 7) is 7.59. The Morgan fingerprint density at radius 3 is 2.25 bits per heavy atom. The number of benzene rings is 1. The van der Waals surface area contributed by atoms with Gasteiger partial charge in [0.15, 0.2) is 5.96 Å². The Bertz CT molecular complexity index is 544. The summed E-state index contributed by atoms with van der Waals surface area (Å²) < 4.78 is 0. The normalized spacial score (nSPS) is 11.5. The molecule has 0 atom stereocenters. The minimum absolute atomic E-state index is 0. The summed E-state index contributed by atoms with van der Waals surface area (Å²) >= 11 is 6.13. The highest BCUT2D eigenvalue weighted by molar-refractivity contribution is 14.0. The van der Waals surface area contributed by atoms with Crippen molar-refractivity contribution in [1.82, 2.24) is 16.0 Å². The minimum atomic E-state index is -0.366. The van der Waals surface area contributed by atoms with Crippen molar-refractivity contribution in [2.24, 2.45) is 10.4 Å². The summed E-state index contributed by atoms with van der Waals surface area (Å²) in [7, 11) is 1.72. The van der Waals surface area contributed by atoms with Crippen LogP contribution in [0.15, 0.2) is 29.3 Å². The number of hydrogen-bond acceptors (Lipinski definition) is 2. The summed E-state index contributed by atoms with van der Waals surface area (Å²) in [5, 5.41) is 10.1. The van der Waals surface area contributed by atoms with E-state index in [-0.39, 0.29) is 35.3 Å². The smallest absolute Gasteiger partial charge is 0.225 e. The first kappa shape index (κ1) is 23.0. The largest absolute Gasteiger partial charge is 0.356 e. The fourth-order valence-corrected chi connectivity index (χ4v) is 2.09. The topological polar surface area (TPSA) is 65.5 Å². The highest BCUT2D eigenvalue weighted by Gasteiger charge is 2.20. The number of rotatable bonds is 6. The van der Waals surface area contributed by atoms with Crippen molar-refractivity contribution in [3.63, 3.8) is 0 Å². The van der Waals surface area contributed by atoms with E-state index in [1.165, 1.54) is 0 Å². The number of nitrogens with zero attached hydrogens (tertiary/aromatic N) is 1. The number of carbonyl (C=O) groups excluding carboxylic acids is 1. The summed E-state index contributed by atoms with van der Waals surface area (Å²) in [5.41, 5.74) is 0.740. The lowest BCUT2D eigenvalue weighted by Crippen LogP contribution is -2.43. The van der Waals surface area contributed by atoms with Gasteiger partial charge in [0.2, 0.25) is 5.91 Å². The molecular formula is C17H28ClIN4O. The third kappa shape index (κ3) is 8.73. The van der Waals surface area contributed by atoms with E-state index in [0.717, 1.165) is 23.6 Å². The van der Waals surface area contributed by atoms with Crippen LogP contribution in [0, 0.1) is 5.41 Å². The Balaban J connectivity index is 0.00000529. The van der Waals surface area contributed by atoms with Crippen LogP contribution >= 0.6 is 35.6 Å². The van der Waals surface area contributed by atoms with Crippen molar-refractivity contribution >= 4 is 47.4 Å². The number of hydrogen-bond donors (Lipinski definition) is 3. The molecule has 0 bridgehead atoms. The van der Waals surface area contributed by atoms with Crippen LogP contribution in [-0.2, 0) is 11.2 Å². The molecule has 0 heterocycles. The van der Waals surface area contributed by atoms with Gasteiger partial charge in [0.1, 0.15) is 0 Å². The van der Waals surface area contributed by atoms with Crippen molar-refractivity contribution in [2.45, 2.75) is 27.2 Å². The Morgan fingerprint density at radius 1 is 1.08 bits per heavy atom. The molecule has 0 radical (unpaired) electrons. The second-order valence-corrected chi connectivity index (χ2v) is 6.68. The predicted octanol–water partition coefficient (Wildman–Crippen LogP) is 2.83. The van der Waals surface area contributed by atoms with Crippen molar-refractivity contribution in [1.29, 1.82) is 0 Å². The van der Waals surface area contributed by atoms with Crippen LogP contribution < -0.4 is 16.0 Å². The number of halogens is 2. The average Bonchev–Trinajstić information content (AvgIpc) is 2.50. The summed E-state index contributed by atoms with van der Waals surface area (Å²) in [6.07, 6.45) is 0.821. The molecule has 3 N–H and O–H groups in total. The maximum Gasteiger partial charge on any atom is 0.225 e. The Labute approximate surface area is 167 Å². The Morgan fingerprint density at radius 2 is 1.67 bits per heavy atom. The fourth-order valence-electron chi connectivity index (χ4n) is 1.86. The fraction of sp³-hybridized carbons (Fsp3) is 0.529. The van der Waals surface area contributed by atoms with Gasteiger partial charge in [-0.25, -0.2) is 0 Å². The third-order valence-electron chi connectivity index (χ3n) is 3.25. The zero-order chi connectivity index (χ0) is 17.3. The van der Waals surface area contributed by atoms with E-state index in [9.17, 15) is 4.79 Å². The van der Waals surface area contributed by atoms with Gasteiger partial charge in [-0.3, -0.25) is 9.79 Å². The number of nitrogens with one attached hydrogen (secondary N) is 3. The van der Waals surface area contributed by atoms with Crippen LogP contribution in [0.25, 0.3) is 0 Å². The van der Waals surface area contributed by atoms with Crippen LogP contribution in [0.2, 0.25) is 5.02 Å². The van der Waals surface area contributed by atoms with E-state index in [1.807, 2.05) is 45.0 Å². The molecule has 0 aliphatic heterocycles. The van der Waals surface area contributed by atoms with Crippen LogP contribution in [-0.4, -0.2) is 38.5 Å². The van der Waals surface area contributed by atoms with Gasteiger partial charge < -0.3 is 16.0 Å². The minimum Gasteiger partial charge on any atom is -0.356 e. The van der Waals surface area contributed by atoms with Crippen molar-refractivity contribution in [2.75, 3.05) is 26.7 Å². The highest BCUT2D eigenvalue weighted by Crippen LogP contribution is 2.14. The number of aliphatic imine (C=N–C) groups is 1. The van der Waals surface area contributed by atoms with E-state index in [1.54, 1.807) is 7.05 Å². The van der Waals surface area contributed by atoms with Crippen LogP contribution in [0.4, 0.5) is 0 Å². The number of amides is 1. The van der Waals surface area contributed by atoms with Gasteiger partial charge in [-0.15, -0.1) is 24.0 Å². The van der Waals surface area contributed by atoms with Gasteiger partial charge in [-0.05, 0) is 18.1 Å². The molecule has 0 unspecified atom stereocenters. The second kappa shape index (κ2) is 11.5. The molecule has 1 aromatic carbocycles. The second-order valence-electron chi connectivity index (χ2n) is 6.27. The quantitative estimate of drug-likeness (QED) is 0.261. The molecule has 0 aliphatic carbocycles. The molecule has 0 spiro atoms. The molecule has 1 rings (SSSR count). The van der Waals surface area contributed by atoms with Crippen LogP contribution in [0.1, 0.15) is 26.3 Å².